The first-order chi connectivity index (χ1) is 14.8. The highest BCUT2D eigenvalue weighted by molar-refractivity contribution is 7.89. The summed E-state index contributed by atoms with van der Waals surface area (Å²) in [6.07, 6.45) is 8.77. The van der Waals surface area contributed by atoms with Crippen molar-refractivity contribution in [3.8, 4) is 0 Å². The summed E-state index contributed by atoms with van der Waals surface area (Å²) in [4.78, 5) is 27.6. The van der Waals surface area contributed by atoms with Crippen molar-refractivity contribution in [2.75, 3.05) is 6.54 Å². The average molecular weight is 486 g/mol. The van der Waals surface area contributed by atoms with Gasteiger partial charge in [-0.15, -0.1) is 0 Å². The maximum Gasteiger partial charge on any atom is 0.264 e. The number of nitrogens with one attached hydrogen (secondary N) is 1. The van der Waals surface area contributed by atoms with Crippen LogP contribution in [0.15, 0.2) is 35.5 Å². The van der Waals surface area contributed by atoms with Crippen molar-refractivity contribution in [3.63, 3.8) is 0 Å². The standard InChI is InChI=1S/C21H25Cl2N3O4S/c22-16-8-7-15(12-17(16)23)31(29,30)26-11-9-24-21(28)19(26)13-20(27)25-10-3-5-14-4-1-2-6-18(14)25/h7-9,11-12,14,18-19H,1-6,10,13H2,(H,24,28)/t14-,18-,19+/m0/s1. The molecule has 1 aromatic carbocycles. The monoisotopic (exact) mass is 485 g/mol. The first-order valence-corrected chi connectivity index (χ1v) is 12.7. The summed E-state index contributed by atoms with van der Waals surface area (Å²) in [5, 5.41) is 2.85. The molecule has 0 radical (unpaired) electrons. The SMILES string of the molecule is O=C1NC=CN(S(=O)(=O)c2ccc(Cl)c(Cl)c2)[C@@H]1CC(=O)N1CCC[C@@H]2CCCC[C@@H]21. The van der Waals surface area contributed by atoms with Crippen molar-refractivity contribution in [3.05, 3.63) is 40.6 Å². The normalized spacial score (nSPS) is 26.4. The lowest BCUT2D eigenvalue weighted by Gasteiger charge is -2.44. The molecule has 7 nitrogen and oxygen atoms in total. The molecule has 4 rings (SSSR count). The molecule has 3 aliphatic rings. The predicted molar refractivity (Wildman–Crippen MR) is 118 cm³/mol. The molecule has 1 aliphatic carbocycles. The Morgan fingerprint density at radius 2 is 1.84 bits per heavy atom. The number of amides is 2. The minimum atomic E-state index is -4.11. The molecule has 1 saturated heterocycles. The molecule has 168 valence electrons. The molecule has 1 saturated carbocycles. The van der Waals surface area contributed by atoms with Crippen LogP contribution in [0.25, 0.3) is 0 Å². The number of sulfonamides is 1. The second-order valence-corrected chi connectivity index (χ2v) is 11.0. The maximum absolute atomic E-state index is 13.3. The number of hydrogen-bond acceptors (Lipinski definition) is 4. The van der Waals surface area contributed by atoms with E-state index >= 15 is 0 Å². The van der Waals surface area contributed by atoms with Crippen LogP contribution in [0.4, 0.5) is 0 Å². The van der Waals surface area contributed by atoms with Crippen molar-refractivity contribution >= 4 is 45.0 Å². The van der Waals surface area contributed by atoms with Gasteiger partial charge in [-0.3, -0.25) is 13.9 Å². The van der Waals surface area contributed by atoms with E-state index in [1.54, 1.807) is 0 Å². The molecule has 10 heteroatoms. The third-order valence-corrected chi connectivity index (χ3v) is 8.97. The van der Waals surface area contributed by atoms with Gasteiger partial charge in [0.15, 0.2) is 0 Å². The topological polar surface area (TPSA) is 86.8 Å². The van der Waals surface area contributed by atoms with Gasteiger partial charge in [0, 0.05) is 25.0 Å². The van der Waals surface area contributed by atoms with E-state index in [4.69, 9.17) is 23.2 Å². The third-order valence-electron chi connectivity index (χ3n) is 6.45. The van der Waals surface area contributed by atoms with E-state index in [9.17, 15) is 18.0 Å². The van der Waals surface area contributed by atoms with Gasteiger partial charge in [-0.2, -0.15) is 0 Å². The second-order valence-electron chi connectivity index (χ2n) is 8.30. The number of carbonyl (C=O) groups excluding carboxylic acids is 2. The highest BCUT2D eigenvalue weighted by Crippen LogP contribution is 2.36. The summed E-state index contributed by atoms with van der Waals surface area (Å²) >= 11 is 11.9. The van der Waals surface area contributed by atoms with Gasteiger partial charge in [-0.1, -0.05) is 36.0 Å². The molecule has 3 atom stereocenters. The molecule has 0 unspecified atom stereocenters. The van der Waals surface area contributed by atoms with Crippen LogP contribution >= 0.6 is 23.2 Å². The highest BCUT2D eigenvalue weighted by Gasteiger charge is 2.41. The number of hydrogen-bond donors (Lipinski definition) is 1. The molecule has 1 N–H and O–H groups in total. The van der Waals surface area contributed by atoms with E-state index in [1.165, 1.54) is 37.0 Å². The van der Waals surface area contributed by atoms with Gasteiger partial charge in [-0.25, -0.2) is 8.42 Å². The van der Waals surface area contributed by atoms with E-state index in [0.717, 1.165) is 36.4 Å². The van der Waals surface area contributed by atoms with Crippen LogP contribution < -0.4 is 5.32 Å². The van der Waals surface area contributed by atoms with Gasteiger partial charge in [0.2, 0.25) is 11.8 Å². The number of piperidine rings is 1. The number of halogens is 2. The number of carbonyl (C=O) groups is 2. The van der Waals surface area contributed by atoms with E-state index in [2.05, 4.69) is 5.32 Å². The fraction of sp³-hybridized carbons (Fsp3) is 0.524. The lowest BCUT2D eigenvalue weighted by molar-refractivity contribution is -0.141. The van der Waals surface area contributed by atoms with E-state index < -0.39 is 22.0 Å². The van der Waals surface area contributed by atoms with Gasteiger partial charge in [0.05, 0.1) is 21.4 Å². The van der Waals surface area contributed by atoms with Crippen LogP contribution in [0.3, 0.4) is 0 Å². The minimum Gasteiger partial charge on any atom is -0.339 e. The van der Waals surface area contributed by atoms with Crippen LogP contribution in [0.1, 0.15) is 44.9 Å². The number of fused-ring (bicyclic) bond motifs is 1. The number of likely N-dealkylation sites (tertiary alicyclic amines) is 1. The molecule has 2 fully saturated rings. The molecule has 0 bridgehead atoms. The van der Waals surface area contributed by atoms with Gasteiger partial charge in [0.25, 0.3) is 10.0 Å². The van der Waals surface area contributed by atoms with Gasteiger partial charge < -0.3 is 10.2 Å². The Morgan fingerprint density at radius 1 is 1.10 bits per heavy atom. The van der Waals surface area contributed by atoms with Crippen LogP contribution in [-0.4, -0.2) is 48.1 Å². The second kappa shape index (κ2) is 9.00. The highest BCUT2D eigenvalue weighted by atomic mass is 35.5. The van der Waals surface area contributed by atoms with E-state index in [-0.39, 0.29) is 33.3 Å². The first-order valence-electron chi connectivity index (χ1n) is 10.5. The predicted octanol–water partition coefficient (Wildman–Crippen LogP) is 3.53. The summed E-state index contributed by atoms with van der Waals surface area (Å²) < 4.78 is 27.5. The minimum absolute atomic E-state index is 0.0935. The Balaban J connectivity index is 1.58. The first kappa shape index (κ1) is 22.4. The number of rotatable bonds is 4. The third kappa shape index (κ3) is 4.43. The molecule has 0 aromatic heterocycles. The van der Waals surface area contributed by atoms with E-state index in [1.807, 2.05) is 4.90 Å². The summed E-state index contributed by atoms with van der Waals surface area (Å²) in [5.41, 5.74) is 0. The lowest BCUT2D eigenvalue weighted by Crippen LogP contribution is -2.54. The largest absolute Gasteiger partial charge is 0.339 e. The average Bonchev–Trinajstić information content (AvgIpc) is 2.76. The van der Waals surface area contributed by atoms with Crippen molar-refractivity contribution in [2.24, 2.45) is 5.92 Å². The van der Waals surface area contributed by atoms with Crippen LogP contribution in [0.2, 0.25) is 10.0 Å². The van der Waals surface area contributed by atoms with Crippen molar-refractivity contribution in [1.29, 1.82) is 0 Å². The summed E-state index contributed by atoms with van der Waals surface area (Å²) in [6, 6.07) is 3.00. The zero-order valence-electron chi connectivity index (χ0n) is 17.0. The van der Waals surface area contributed by atoms with Gasteiger partial charge >= 0.3 is 0 Å². The molecule has 2 heterocycles. The molecule has 2 aliphatic heterocycles. The zero-order valence-corrected chi connectivity index (χ0v) is 19.3. The van der Waals surface area contributed by atoms with E-state index in [0.29, 0.717) is 12.5 Å². The van der Waals surface area contributed by atoms with Crippen LogP contribution in [-0.2, 0) is 19.6 Å². The molecule has 1 aromatic rings. The summed E-state index contributed by atoms with van der Waals surface area (Å²) in [7, 11) is -4.11. The molecule has 31 heavy (non-hydrogen) atoms. The zero-order chi connectivity index (χ0) is 22.2. The quantitative estimate of drug-likeness (QED) is 0.706. The summed E-state index contributed by atoms with van der Waals surface area (Å²) in [5.74, 6) is -0.208. The maximum atomic E-state index is 13.3. The number of benzene rings is 1. The summed E-state index contributed by atoms with van der Waals surface area (Å²) in [6.45, 7) is 0.656. The number of nitrogens with zero attached hydrogens (tertiary/aromatic N) is 2. The van der Waals surface area contributed by atoms with Crippen LogP contribution in [0, 0.1) is 5.92 Å². The fourth-order valence-corrected chi connectivity index (χ4v) is 6.75. The lowest BCUT2D eigenvalue weighted by atomic mass is 9.78. The Bertz CT molecular complexity index is 1010. The van der Waals surface area contributed by atoms with Gasteiger partial charge in [0.1, 0.15) is 6.04 Å². The Hall–Kier alpha value is -1.77. The fourth-order valence-electron chi connectivity index (χ4n) is 4.91. The Kier molecular flexibility index (Phi) is 6.51. The van der Waals surface area contributed by atoms with Crippen molar-refractivity contribution < 1.29 is 18.0 Å². The molecular weight excluding hydrogens is 461 g/mol. The van der Waals surface area contributed by atoms with Crippen LogP contribution in [0.5, 0.6) is 0 Å². The van der Waals surface area contributed by atoms with Crippen molar-refractivity contribution in [1.82, 2.24) is 14.5 Å². The van der Waals surface area contributed by atoms with Gasteiger partial charge in [-0.05, 0) is 49.8 Å². The Morgan fingerprint density at radius 3 is 2.61 bits per heavy atom. The Labute approximate surface area is 192 Å². The molecular formula is C21H25Cl2N3O4S. The smallest absolute Gasteiger partial charge is 0.264 e. The molecule has 0 spiro atoms. The van der Waals surface area contributed by atoms with Crippen molar-refractivity contribution in [2.45, 2.75) is 61.9 Å². The molecule has 2 amide bonds.